The standard InChI is InChI=1S/C12H20O4.C6H12O7.3H3N/c1-2-3-4-5-6-7-8-10(12(15)16)9-11(13)14;7-1-2(8)3(9)4(10)5(11)6(12)13;;;/h7-8,10H,2-6,9H2,1H3,(H,13,14)(H,15,16);2-5,7-11H,1H2,(H,12,13);3*1H3. The van der Waals surface area contributed by atoms with Gasteiger partial charge in [-0.1, -0.05) is 38.3 Å². The smallest absolute Gasteiger partial charge is 0.335 e. The van der Waals surface area contributed by atoms with Crippen molar-refractivity contribution in [3.05, 3.63) is 12.2 Å². The molecule has 14 nitrogen and oxygen atoms in total. The Morgan fingerprint density at radius 3 is 1.72 bits per heavy atom. The van der Waals surface area contributed by atoms with Crippen LogP contribution in [0.15, 0.2) is 12.2 Å². The molecule has 0 heterocycles. The summed E-state index contributed by atoms with van der Waals surface area (Å²) < 4.78 is 0. The number of carbonyl (C=O) groups is 3. The van der Waals surface area contributed by atoms with Crippen LogP contribution in [0.4, 0.5) is 0 Å². The van der Waals surface area contributed by atoms with Crippen molar-refractivity contribution < 1.29 is 55.2 Å². The largest absolute Gasteiger partial charge is 0.481 e. The first-order valence-corrected chi connectivity index (χ1v) is 9.16. The van der Waals surface area contributed by atoms with Crippen LogP contribution in [0.25, 0.3) is 0 Å². The molecule has 5 atom stereocenters. The van der Waals surface area contributed by atoms with E-state index in [9.17, 15) is 14.4 Å². The van der Waals surface area contributed by atoms with Crippen LogP contribution in [-0.4, -0.2) is 89.8 Å². The van der Waals surface area contributed by atoms with Crippen molar-refractivity contribution in [2.24, 2.45) is 5.92 Å². The van der Waals surface area contributed by atoms with Gasteiger partial charge in [-0.25, -0.2) is 4.79 Å². The number of allylic oxidation sites excluding steroid dienone is 1. The first-order valence-electron chi connectivity index (χ1n) is 9.16. The fourth-order valence-corrected chi connectivity index (χ4v) is 2.04. The van der Waals surface area contributed by atoms with E-state index >= 15 is 0 Å². The summed E-state index contributed by atoms with van der Waals surface area (Å²) in [7, 11) is 0. The minimum Gasteiger partial charge on any atom is -0.481 e. The summed E-state index contributed by atoms with van der Waals surface area (Å²) in [6, 6.07) is 0. The third-order valence-corrected chi connectivity index (χ3v) is 3.81. The van der Waals surface area contributed by atoms with Crippen molar-refractivity contribution in [2.45, 2.75) is 69.9 Å². The van der Waals surface area contributed by atoms with E-state index in [0.29, 0.717) is 0 Å². The SMILES string of the molecule is CCCCCCC=CC(CC(=O)O)C(=O)O.N.N.N.O=C(O)C(O)C(O)C(O)C(O)CO. The third kappa shape index (κ3) is 19.8. The highest BCUT2D eigenvalue weighted by atomic mass is 16.4. The van der Waals surface area contributed by atoms with Gasteiger partial charge in [-0.15, -0.1) is 0 Å². The Kier molecular flexibility index (Phi) is 29.5. The van der Waals surface area contributed by atoms with E-state index in [2.05, 4.69) is 6.92 Å². The second-order valence-corrected chi connectivity index (χ2v) is 6.33. The summed E-state index contributed by atoms with van der Waals surface area (Å²) in [5, 5.41) is 69.1. The molecule has 17 N–H and O–H groups in total. The number of hydrogen-bond donors (Lipinski definition) is 11. The summed E-state index contributed by atoms with van der Waals surface area (Å²) in [4.78, 5) is 31.2. The minimum atomic E-state index is -2.20. The van der Waals surface area contributed by atoms with Gasteiger partial charge in [0.25, 0.3) is 0 Å². The van der Waals surface area contributed by atoms with Crippen molar-refractivity contribution in [3.63, 3.8) is 0 Å². The highest BCUT2D eigenvalue weighted by molar-refractivity contribution is 5.79. The van der Waals surface area contributed by atoms with Crippen molar-refractivity contribution in [2.75, 3.05) is 6.61 Å². The van der Waals surface area contributed by atoms with Gasteiger partial charge >= 0.3 is 17.9 Å². The van der Waals surface area contributed by atoms with Crippen LogP contribution in [-0.2, 0) is 14.4 Å². The molecule has 0 saturated carbocycles. The fraction of sp³-hybridized carbons (Fsp3) is 0.722. The molecule has 0 bridgehead atoms. The van der Waals surface area contributed by atoms with E-state index < -0.39 is 54.8 Å². The van der Waals surface area contributed by atoms with E-state index in [1.54, 1.807) is 6.08 Å². The maximum atomic E-state index is 10.7. The number of carboxylic acids is 3. The number of hydrogen-bond acceptors (Lipinski definition) is 11. The predicted molar refractivity (Wildman–Crippen MR) is 115 cm³/mol. The van der Waals surface area contributed by atoms with E-state index in [4.69, 9.17) is 40.9 Å². The zero-order valence-electron chi connectivity index (χ0n) is 18.4. The zero-order valence-corrected chi connectivity index (χ0v) is 18.4. The molecule has 0 aliphatic heterocycles. The lowest BCUT2D eigenvalue weighted by molar-refractivity contribution is -0.164. The molecular weight excluding hydrogens is 434 g/mol. The summed E-state index contributed by atoms with van der Waals surface area (Å²) >= 11 is 0. The van der Waals surface area contributed by atoms with Gasteiger partial charge < -0.3 is 59.3 Å². The van der Waals surface area contributed by atoms with Gasteiger partial charge in [0.05, 0.1) is 18.9 Å². The predicted octanol–water partition coefficient (Wildman–Crippen LogP) is -0.319. The third-order valence-electron chi connectivity index (χ3n) is 3.81. The normalized spacial score (nSPS) is 14.7. The number of unbranched alkanes of at least 4 members (excludes halogenated alkanes) is 4. The first kappa shape index (κ1) is 40.2. The van der Waals surface area contributed by atoms with Crippen LogP contribution in [0.1, 0.15) is 45.4 Å². The van der Waals surface area contributed by atoms with Crippen LogP contribution in [0.2, 0.25) is 0 Å². The molecule has 0 aromatic heterocycles. The van der Waals surface area contributed by atoms with Crippen molar-refractivity contribution in [1.29, 1.82) is 0 Å². The molecule has 0 aromatic rings. The van der Waals surface area contributed by atoms with Crippen molar-refractivity contribution >= 4 is 17.9 Å². The van der Waals surface area contributed by atoms with Crippen molar-refractivity contribution in [1.82, 2.24) is 18.5 Å². The van der Waals surface area contributed by atoms with Gasteiger partial charge in [-0.2, -0.15) is 0 Å². The molecule has 5 unspecified atom stereocenters. The fourth-order valence-electron chi connectivity index (χ4n) is 2.04. The van der Waals surface area contributed by atoms with Gasteiger partial charge in [0.15, 0.2) is 6.10 Å². The van der Waals surface area contributed by atoms with Crippen LogP contribution < -0.4 is 18.5 Å². The minimum absolute atomic E-state index is 0. The Morgan fingerprint density at radius 2 is 1.34 bits per heavy atom. The Morgan fingerprint density at radius 1 is 0.812 bits per heavy atom. The monoisotopic (exact) mass is 475 g/mol. The van der Waals surface area contributed by atoms with Gasteiger partial charge in [0.1, 0.15) is 18.3 Å². The number of aliphatic carboxylic acids is 3. The Hall–Kier alpha value is -2.17. The first-order chi connectivity index (χ1) is 13.5. The molecule has 14 heteroatoms. The van der Waals surface area contributed by atoms with Crippen LogP contribution in [0, 0.1) is 5.92 Å². The van der Waals surface area contributed by atoms with Gasteiger partial charge in [0, 0.05) is 0 Å². The van der Waals surface area contributed by atoms with E-state index in [0.717, 1.165) is 19.3 Å². The van der Waals surface area contributed by atoms with Crippen LogP contribution in [0.3, 0.4) is 0 Å². The average molecular weight is 476 g/mol. The molecule has 0 aliphatic carbocycles. The number of carboxylic acid groups (broad SMARTS) is 3. The Balaban J connectivity index is -0.000000141. The van der Waals surface area contributed by atoms with Crippen LogP contribution >= 0.6 is 0 Å². The number of aliphatic hydroxyl groups is 5. The van der Waals surface area contributed by atoms with Gasteiger partial charge in [-0.05, 0) is 12.8 Å². The second-order valence-electron chi connectivity index (χ2n) is 6.33. The molecular formula is C18H41N3O11. The maximum absolute atomic E-state index is 10.7. The lowest BCUT2D eigenvalue weighted by Crippen LogP contribution is -2.48. The topological polar surface area (TPSA) is 318 Å². The van der Waals surface area contributed by atoms with E-state index in [1.165, 1.54) is 18.9 Å². The molecule has 0 aliphatic rings. The summed E-state index contributed by atoms with van der Waals surface area (Å²) in [6.07, 6.45) is 0.424. The maximum Gasteiger partial charge on any atom is 0.335 e. The van der Waals surface area contributed by atoms with Gasteiger partial charge in [0.2, 0.25) is 0 Å². The lowest BCUT2D eigenvalue weighted by Gasteiger charge is -2.23. The van der Waals surface area contributed by atoms with E-state index in [-0.39, 0.29) is 24.9 Å². The number of aliphatic hydroxyl groups excluding tert-OH is 5. The zero-order chi connectivity index (χ0) is 23.0. The molecule has 32 heavy (non-hydrogen) atoms. The molecule has 194 valence electrons. The molecule has 0 aromatic carbocycles. The highest BCUT2D eigenvalue weighted by Gasteiger charge is 2.33. The number of rotatable bonds is 14. The Bertz CT molecular complexity index is 520. The summed E-state index contributed by atoms with van der Waals surface area (Å²) in [6.45, 7) is 1.29. The molecule has 0 rings (SSSR count). The second kappa shape index (κ2) is 23.5. The van der Waals surface area contributed by atoms with Gasteiger partial charge in [-0.3, -0.25) is 9.59 Å². The average Bonchev–Trinajstić information content (AvgIpc) is 2.67. The molecule has 0 fully saturated rings. The Labute approximate surface area is 187 Å². The molecule has 0 radical (unpaired) electrons. The quantitative estimate of drug-likeness (QED) is 0.113. The van der Waals surface area contributed by atoms with Crippen LogP contribution in [0.5, 0.6) is 0 Å². The lowest BCUT2D eigenvalue weighted by atomic mass is 10.0. The van der Waals surface area contributed by atoms with Crippen molar-refractivity contribution in [3.8, 4) is 0 Å². The molecule has 0 spiro atoms. The summed E-state index contributed by atoms with van der Waals surface area (Å²) in [5.41, 5.74) is 0. The highest BCUT2D eigenvalue weighted by Crippen LogP contribution is 2.09. The van der Waals surface area contributed by atoms with E-state index in [1.807, 2.05) is 0 Å². The molecule has 0 amide bonds. The summed E-state index contributed by atoms with van der Waals surface area (Å²) in [5.74, 6) is -4.78. The molecule has 0 saturated heterocycles.